The average Bonchev–Trinajstić information content (AvgIpc) is 2.96. The molecule has 0 saturated heterocycles. The number of nitrogens with one attached hydrogen (secondary N) is 1. The lowest BCUT2D eigenvalue weighted by molar-refractivity contribution is 0.136. The van der Waals surface area contributed by atoms with Crippen molar-refractivity contribution in [1.29, 1.82) is 0 Å². The highest BCUT2D eigenvalue weighted by atomic mass is 32.1. The molecule has 0 unspecified atom stereocenters. The molecule has 0 fully saturated rings. The van der Waals surface area contributed by atoms with Gasteiger partial charge < -0.3 is 10.1 Å². The fourth-order valence-electron chi connectivity index (χ4n) is 2.01. The normalized spacial score (nSPS) is 10.7. The summed E-state index contributed by atoms with van der Waals surface area (Å²) in [7, 11) is 0. The second-order valence-corrected chi connectivity index (χ2v) is 5.87. The zero-order valence-corrected chi connectivity index (χ0v) is 13.8. The van der Waals surface area contributed by atoms with E-state index in [4.69, 9.17) is 4.74 Å². The minimum Gasteiger partial charge on any atom is -0.376 e. The zero-order valence-electron chi connectivity index (χ0n) is 13.0. The first kappa shape index (κ1) is 15.5. The number of pyridine rings is 1. The number of aromatic nitrogens is 4. The average molecular weight is 327 g/mol. The van der Waals surface area contributed by atoms with Gasteiger partial charge in [0, 0.05) is 24.7 Å². The Morgan fingerprint density at radius 3 is 2.78 bits per heavy atom. The van der Waals surface area contributed by atoms with Crippen molar-refractivity contribution in [3.05, 3.63) is 47.2 Å². The molecule has 7 heteroatoms. The highest BCUT2D eigenvalue weighted by Gasteiger charge is 2.15. The first-order valence-electron chi connectivity index (χ1n) is 7.31. The van der Waals surface area contributed by atoms with Crippen LogP contribution in [0.2, 0.25) is 0 Å². The lowest BCUT2D eigenvalue weighted by atomic mass is 10.2. The second kappa shape index (κ2) is 7.26. The topological polar surface area (TPSA) is 72.8 Å². The maximum Gasteiger partial charge on any atom is 0.229 e. The predicted molar refractivity (Wildman–Crippen MR) is 90.7 cm³/mol. The number of rotatable bonds is 6. The van der Waals surface area contributed by atoms with E-state index >= 15 is 0 Å². The molecule has 0 amide bonds. The number of aryl methyl sites for hydroxylation is 1. The van der Waals surface area contributed by atoms with Crippen LogP contribution in [0, 0.1) is 6.92 Å². The maximum absolute atomic E-state index is 5.55. The van der Waals surface area contributed by atoms with Crippen molar-refractivity contribution >= 4 is 22.4 Å². The van der Waals surface area contributed by atoms with Crippen LogP contribution in [-0.4, -0.2) is 26.5 Å². The van der Waals surface area contributed by atoms with E-state index in [1.165, 1.54) is 11.3 Å². The Morgan fingerprint density at radius 1 is 1.13 bits per heavy atom. The molecule has 0 aliphatic heterocycles. The van der Waals surface area contributed by atoms with Crippen LogP contribution in [-0.2, 0) is 11.3 Å². The smallest absolute Gasteiger partial charge is 0.229 e. The summed E-state index contributed by atoms with van der Waals surface area (Å²) >= 11 is 1.53. The van der Waals surface area contributed by atoms with Crippen LogP contribution in [0.3, 0.4) is 0 Å². The van der Waals surface area contributed by atoms with Crippen molar-refractivity contribution in [2.75, 3.05) is 11.9 Å². The largest absolute Gasteiger partial charge is 0.376 e. The summed E-state index contributed by atoms with van der Waals surface area (Å²) in [4.78, 5) is 18.6. The van der Waals surface area contributed by atoms with E-state index in [-0.39, 0.29) is 0 Å². The highest BCUT2D eigenvalue weighted by molar-refractivity contribution is 7.16. The van der Waals surface area contributed by atoms with Gasteiger partial charge in [0.25, 0.3) is 0 Å². The van der Waals surface area contributed by atoms with Gasteiger partial charge in [0.15, 0.2) is 5.13 Å². The predicted octanol–water partition coefficient (Wildman–Crippen LogP) is 3.58. The monoisotopic (exact) mass is 327 g/mol. The molecular formula is C16H17N5OS. The third-order valence-electron chi connectivity index (χ3n) is 3.06. The van der Waals surface area contributed by atoms with Gasteiger partial charge in [-0.15, -0.1) is 0 Å². The van der Waals surface area contributed by atoms with E-state index in [0.29, 0.717) is 19.2 Å². The minimum atomic E-state index is 0.510. The molecular weight excluding hydrogens is 310 g/mol. The fraction of sp³-hybridized carbons (Fsp3) is 0.250. The lowest BCUT2D eigenvalue weighted by Crippen LogP contribution is -1.97. The highest BCUT2D eigenvalue weighted by Crippen LogP contribution is 2.31. The van der Waals surface area contributed by atoms with Crippen LogP contribution in [0.1, 0.15) is 17.5 Å². The Morgan fingerprint density at radius 2 is 2.04 bits per heavy atom. The van der Waals surface area contributed by atoms with Crippen molar-refractivity contribution in [1.82, 2.24) is 19.9 Å². The first-order chi connectivity index (χ1) is 11.3. The molecule has 0 spiro atoms. The molecule has 0 aromatic carbocycles. The molecule has 0 aliphatic rings. The summed E-state index contributed by atoms with van der Waals surface area (Å²) < 4.78 is 5.55. The van der Waals surface area contributed by atoms with Crippen LogP contribution in [0.25, 0.3) is 11.4 Å². The van der Waals surface area contributed by atoms with Gasteiger partial charge in [-0.2, -0.15) is 0 Å². The summed E-state index contributed by atoms with van der Waals surface area (Å²) in [6.45, 7) is 5.06. The number of thiazole rings is 1. The van der Waals surface area contributed by atoms with Gasteiger partial charge in [-0.3, -0.25) is 4.98 Å². The number of anilines is 2. The number of ether oxygens (including phenoxy) is 1. The van der Waals surface area contributed by atoms with Crippen LogP contribution in [0.4, 0.5) is 11.1 Å². The second-order valence-electron chi connectivity index (χ2n) is 4.79. The molecule has 23 heavy (non-hydrogen) atoms. The van der Waals surface area contributed by atoms with Crippen molar-refractivity contribution in [3.8, 4) is 11.4 Å². The third kappa shape index (κ3) is 3.88. The Labute approximate surface area is 138 Å². The molecule has 0 aliphatic carbocycles. The summed E-state index contributed by atoms with van der Waals surface area (Å²) in [5.74, 6) is 0.536. The molecule has 3 rings (SSSR count). The van der Waals surface area contributed by atoms with Gasteiger partial charge >= 0.3 is 0 Å². The Hall–Kier alpha value is -2.38. The standard InChI is InChI=1S/C16H17N5OS/c1-3-22-10-13-14(12-6-4-5-8-17-12)20-16(23-13)21-15-18-9-7-11(2)19-15/h4-9H,3,10H2,1-2H3,(H,18,19,20,21). The van der Waals surface area contributed by atoms with Gasteiger partial charge in [0.05, 0.1) is 17.2 Å². The maximum atomic E-state index is 5.55. The Balaban J connectivity index is 1.91. The van der Waals surface area contributed by atoms with Crippen molar-refractivity contribution in [3.63, 3.8) is 0 Å². The molecule has 0 saturated carbocycles. The molecule has 3 aromatic heterocycles. The van der Waals surface area contributed by atoms with Gasteiger partial charge in [-0.1, -0.05) is 17.4 Å². The fourth-order valence-corrected chi connectivity index (χ4v) is 2.91. The van der Waals surface area contributed by atoms with Crippen LogP contribution in [0.5, 0.6) is 0 Å². The third-order valence-corrected chi connectivity index (χ3v) is 4.00. The number of hydrogen-bond acceptors (Lipinski definition) is 7. The Kier molecular flexibility index (Phi) is 4.89. The lowest BCUT2D eigenvalue weighted by Gasteiger charge is -2.01. The summed E-state index contributed by atoms with van der Waals surface area (Å²) in [5, 5.41) is 3.88. The zero-order chi connectivity index (χ0) is 16.1. The minimum absolute atomic E-state index is 0.510. The molecule has 0 bridgehead atoms. The quantitative estimate of drug-likeness (QED) is 0.746. The molecule has 0 atom stereocenters. The van der Waals surface area contributed by atoms with Gasteiger partial charge in [0.1, 0.15) is 5.69 Å². The summed E-state index contributed by atoms with van der Waals surface area (Å²) in [6.07, 6.45) is 3.48. The van der Waals surface area contributed by atoms with Gasteiger partial charge in [0.2, 0.25) is 5.95 Å². The van der Waals surface area contributed by atoms with Crippen LogP contribution >= 0.6 is 11.3 Å². The van der Waals surface area contributed by atoms with E-state index in [0.717, 1.165) is 27.1 Å². The van der Waals surface area contributed by atoms with E-state index in [9.17, 15) is 0 Å². The van der Waals surface area contributed by atoms with E-state index in [1.54, 1.807) is 12.4 Å². The van der Waals surface area contributed by atoms with E-state index in [2.05, 4.69) is 25.3 Å². The molecule has 3 aromatic rings. The van der Waals surface area contributed by atoms with Crippen molar-refractivity contribution in [2.24, 2.45) is 0 Å². The van der Waals surface area contributed by atoms with E-state index in [1.807, 2.05) is 38.1 Å². The van der Waals surface area contributed by atoms with Crippen molar-refractivity contribution in [2.45, 2.75) is 20.5 Å². The molecule has 6 nitrogen and oxygen atoms in total. The molecule has 0 radical (unpaired) electrons. The van der Waals surface area contributed by atoms with Crippen LogP contribution < -0.4 is 5.32 Å². The number of hydrogen-bond donors (Lipinski definition) is 1. The SMILES string of the molecule is CCOCc1sc(Nc2nccc(C)n2)nc1-c1ccccn1. The molecule has 118 valence electrons. The van der Waals surface area contributed by atoms with Gasteiger partial charge in [-0.05, 0) is 32.0 Å². The van der Waals surface area contributed by atoms with E-state index < -0.39 is 0 Å². The van der Waals surface area contributed by atoms with Gasteiger partial charge in [-0.25, -0.2) is 15.0 Å². The first-order valence-corrected chi connectivity index (χ1v) is 8.13. The van der Waals surface area contributed by atoms with Crippen molar-refractivity contribution < 1.29 is 4.74 Å². The number of nitrogens with zero attached hydrogens (tertiary/aromatic N) is 4. The van der Waals surface area contributed by atoms with Crippen LogP contribution in [0.15, 0.2) is 36.7 Å². The molecule has 3 heterocycles. The summed E-state index contributed by atoms with van der Waals surface area (Å²) in [6, 6.07) is 7.63. The Bertz CT molecular complexity index is 775. The molecule has 1 N–H and O–H groups in total. The summed E-state index contributed by atoms with van der Waals surface area (Å²) in [5.41, 5.74) is 2.56.